The van der Waals surface area contributed by atoms with Crippen molar-refractivity contribution < 1.29 is 14.0 Å². The molecule has 0 saturated carbocycles. The van der Waals surface area contributed by atoms with Crippen LogP contribution >= 0.6 is 0 Å². The lowest BCUT2D eigenvalue weighted by atomic mass is 9.97. The van der Waals surface area contributed by atoms with Crippen molar-refractivity contribution in [3.63, 3.8) is 0 Å². The molecule has 2 aromatic rings. The zero-order chi connectivity index (χ0) is 17.1. The molecule has 0 unspecified atom stereocenters. The summed E-state index contributed by atoms with van der Waals surface area (Å²) in [6, 6.07) is 4.26. The van der Waals surface area contributed by atoms with Gasteiger partial charge in [-0.3, -0.25) is 4.90 Å². The van der Waals surface area contributed by atoms with Crippen LogP contribution in [0.3, 0.4) is 0 Å². The minimum Gasteiger partial charge on any atom is -0.493 e. The zero-order valence-electron chi connectivity index (χ0n) is 14.8. The van der Waals surface area contributed by atoms with Crippen molar-refractivity contribution in [1.29, 1.82) is 0 Å². The van der Waals surface area contributed by atoms with Crippen LogP contribution in [0.1, 0.15) is 49.2 Å². The summed E-state index contributed by atoms with van der Waals surface area (Å²) in [5.41, 5.74) is 2.58. The van der Waals surface area contributed by atoms with Gasteiger partial charge in [0.2, 0.25) is 5.89 Å². The fraction of sp³-hybridized carbons (Fsp3) is 0.556. The van der Waals surface area contributed by atoms with E-state index in [1.807, 2.05) is 0 Å². The van der Waals surface area contributed by atoms with Crippen LogP contribution in [-0.2, 0) is 19.4 Å². The van der Waals surface area contributed by atoms with Gasteiger partial charge in [-0.05, 0) is 43.0 Å². The first-order valence-electron chi connectivity index (χ1n) is 8.46. The van der Waals surface area contributed by atoms with Crippen molar-refractivity contribution in [3.8, 4) is 11.5 Å². The quantitative estimate of drug-likeness (QED) is 0.810. The lowest BCUT2D eigenvalue weighted by Gasteiger charge is -2.32. The highest BCUT2D eigenvalue weighted by Gasteiger charge is 2.26. The van der Waals surface area contributed by atoms with Gasteiger partial charge in [0.1, 0.15) is 0 Å². The molecule has 6 heteroatoms. The Hall–Kier alpha value is -2.08. The summed E-state index contributed by atoms with van der Waals surface area (Å²) >= 11 is 0. The van der Waals surface area contributed by atoms with E-state index in [1.165, 1.54) is 11.1 Å². The van der Waals surface area contributed by atoms with E-state index in [1.54, 1.807) is 14.2 Å². The summed E-state index contributed by atoms with van der Waals surface area (Å²) in [7, 11) is 3.34. The summed E-state index contributed by atoms with van der Waals surface area (Å²) in [5.74, 6) is 3.05. The zero-order valence-corrected chi connectivity index (χ0v) is 14.8. The summed E-state index contributed by atoms with van der Waals surface area (Å²) in [5, 5.41) is 4.07. The Labute approximate surface area is 142 Å². The van der Waals surface area contributed by atoms with Crippen LogP contribution < -0.4 is 9.47 Å². The van der Waals surface area contributed by atoms with Crippen LogP contribution in [0.5, 0.6) is 11.5 Å². The second kappa shape index (κ2) is 7.21. The van der Waals surface area contributed by atoms with Gasteiger partial charge in [0.15, 0.2) is 17.3 Å². The van der Waals surface area contributed by atoms with Gasteiger partial charge >= 0.3 is 0 Å². The van der Waals surface area contributed by atoms with Gasteiger partial charge in [-0.25, -0.2) is 0 Å². The molecule has 1 aromatic heterocycles. The maximum absolute atomic E-state index is 5.45. The number of fused-ring (bicyclic) bond motifs is 1. The Balaban J connectivity index is 1.78. The molecular formula is C18H25N3O3. The summed E-state index contributed by atoms with van der Waals surface area (Å²) in [4.78, 5) is 6.89. The van der Waals surface area contributed by atoms with E-state index in [0.29, 0.717) is 5.89 Å². The SMILES string of the molecule is CCCc1noc([C@@H](C)N2CCc3cc(OC)c(OC)cc3C2)n1. The molecule has 6 nitrogen and oxygen atoms in total. The fourth-order valence-corrected chi connectivity index (χ4v) is 3.15. The third kappa shape index (κ3) is 3.24. The minimum absolute atomic E-state index is 0.101. The third-order valence-corrected chi connectivity index (χ3v) is 4.61. The van der Waals surface area contributed by atoms with Crippen molar-refractivity contribution in [2.75, 3.05) is 20.8 Å². The summed E-state index contributed by atoms with van der Waals surface area (Å²) < 4.78 is 16.3. The number of hydrogen-bond donors (Lipinski definition) is 0. The molecule has 0 saturated heterocycles. The Morgan fingerprint density at radius 1 is 1.21 bits per heavy atom. The first kappa shape index (κ1) is 16.8. The molecular weight excluding hydrogens is 306 g/mol. The summed E-state index contributed by atoms with van der Waals surface area (Å²) in [6.07, 6.45) is 2.85. The molecule has 0 radical (unpaired) electrons. The fourth-order valence-electron chi connectivity index (χ4n) is 3.15. The average Bonchev–Trinajstić information content (AvgIpc) is 3.08. The van der Waals surface area contributed by atoms with Crippen LogP contribution in [-0.4, -0.2) is 35.8 Å². The van der Waals surface area contributed by atoms with Gasteiger partial charge in [-0.2, -0.15) is 4.98 Å². The third-order valence-electron chi connectivity index (χ3n) is 4.61. The largest absolute Gasteiger partial charge is 0.493 e. The topological polar surface area (TPSA) is 60.6 Å². The van der Waals surface area contributed by atoms with E-state index < -0.39 is 0 Å². The van der Waals surface area contributed by atoms with Gasteiger partial charge < -0.3 is 14.0 Å². The maximum atomic E-state index is 5.45. The van der Waals surface area contributed by atoms with E-state index in [4.69, 9.17) is 14.0 Å². The van der Waals surface area contributed by atoms with Crippen molar-refractivity contribution >= 4 is 0 Å². The molecule has 130 valence electrons. The Morgan fingerprint density at radius 3 is 2.58 bits per heavy atom. The van der Waals surface area contributed by atoms with Crippen molar-refractivity contribution in [2.45, 2.75) is 45.7 Å². The van der Waals surface area contributed by atoms with Crippen molar-refractivity contribution in [3.05, 3.63) is 35.0 Å². The van der Waals surface area contributed by atoms with Crippen LogP contribution in [0.25, 0.3) is 0 Å². The van der Waals surface area contributed by atoms with Crippen molar-refractivity contribution in [1.82, 2.24) is 15.0 Å². The molecule has 0 bridgehead atoms. The van der Waals surface area contributed by atoms with Crippen LogP contribution in [0.4, 0.5) is 0 Å². The van der Waals surface area contributed by atoms with E-state index in [9.17, 15) is 0 Å². The average molecular weight is 331 g/mol. The molecule has 0 N–H and O–H groups in total. The predicted octanol–water partition coefficient (Wildman–Crippen LogP) is 3.16. The molecule has 1 atom stereocenters. The van der Waals surface area contributed by atoms with E-state index >= 15 is 0 Å². The molecule has 0 spiro atoms. The van der Waals surface area contributed by atoms with Crippen LogP contribution in [0.2, 0.25) is 0 Å². The number of aromatic nitrogens is 2. The van der Waals surface area contributed by atoms with E-state index in [-0.39, 0.29) is 6.04 Å². The second-order valence-corrected chi connectivity index (χ2v) is 6.17. The molecule has 0 fully saturated rings. The number of nitrogens with zero attached hydrogens (tertiary/aromatic N) is 3. The van der Waals surface area contributed by atoms with Gasteiger partial charge in [0.25, 0.3) is 0 Å². The Bertz CT molecular complexity index is 699. The van der Waals surface area contributed by atoms with Gasteiger partial charge in [-0.15, -0.1) is 0 Å². The highest BCUT2D eigenvalue weighted by molar-refractivity contribution is 5.48. The monoisotopic (exact) mass is 331 g/mol. The molecule has 0 amide bonds. The molecule has 0 aliphatic carbocycles. The van der Waals surface area contributed by atoms with Crippen LogP contribution in [0, 0.1) is 0 Å². The normalized spacial score (nSPS) is 15.8. The number of aryl methyl sites for hydroxylation is 1. The van der Waals surface area contributed by atoms with E-state index in [2.05, 4.69) is 41.0 Å². The van der Waals surface area contributed by atoms with Gasteiger partial charge in [-0.1, -0.05) is 12.1 Å². The molecule has 1 aliphatic heterocycles. The number of ether oxygens (including phenoxy) is 2. The van der Waals surface area contributed by atoms with Crippen LogP contribution in [0.15, 0.2) is 16.7 Å². The molecule has 2 heterocycles. The number of rotatable bonds is 6. The number of methoxy groups -OCH3 is 2. The molecule has 24 heavy (non-hydrogen) atoms. The van der Waals surface area contributed by atoms with Gasteiger partial charge in [0.05, 0.1) is 20.3 Å². The highest BCUT2D eigenvalue weighted by atomic mass is 16.5. The number of benzene rings is 1. The first-order chi connectivity index (χ1) is 11.7. The standard InChI is InChI=1S/C18H25N3O3/c1-5-6-17-19-18(24-20-17)12(2)21-8-7-13-9-15(22-3)16(23-4)10-14(13)11-21/h9-10,12H,5-8,11H2,1-4H3/t12-/m1/s1. The van der Waals surface area contributed by atoms with Gasteiger partial charge in [0, 0.05) is 19.5 Å². The second-order valence-electron chi connectivity index (χ2n) is 6.17. The van der Waals surface area contributed by atoms with Crippen molar-refractivity contribution in [2.24, 2.45) is 0 Å². The molecule has 3 rings (SSSR count). The number of hydrogen-bond acceptors (Lipinski definition) is 6. The summed E-state index contributed by atoms with van der Waals surface area (Å²) in [6.45, 7) is 6.02. The smallest absolute Gasteiger partial charge is 0.243 e. The predicted molar refractivity (Wildman–Crippen MR) is 90.4 cm³/mol. The maximum Gasteiger partial charge on any atom is 0.243 e. The molecule has 1 aromatic carbocycles. The highest BCUT2D eigenvalue weighted by Crippen LogP contribution is 2.35. The Morgan fingerprint density at radius 2 is 1.92 bits per heavy atom. The minimum atomic E-state index is 0.101. The first-order valence-corrected chi connectivity index (χ1v) is 8.46. The Kier molecular flexibility index (Phi) is 5.04. The lowest BCUT2D eigenvalue weighted by Crippen LogP contribution is -2.33. The lowest BCUT2D eigenvalue weighted by molar-refractivity contribution is 0.157. The van der Waals surface area contributed by atoms with E-state index in [0.717, 1.165) is 49.7 Å². The molecule has 1 aliphatic rings.